The monoisotopic (exact) mass is 207 g/mol. The molecule has 0 saturated heterocycles. The predicted octanol–water partition coefficient (Wildman–Crippen LogP) is 1.67. The van der Waals surface area contributed by atoms with Gasteiger partial charge in [-0.05, 0) is 31.4 Å². The molecule has 3 nitrogen and oxygen atoms in total. The molecule has 0 aliphatic carbocycles. The van der Waals surface area contributed by atoms with Crippen LogP contribution in [0, 0.1) is 5.92 Å². The van der Waals surface area contributed by atoms with Gasteiger partial charge in [0.25, 0.3) is 0 Å². The highest BCUT2D eigenvalue weighted by atomic mass is 16.4. The van der Waals surface area contributed by atoms with Crippen LogP contribution < -0.4 is 5.73 Å². The summed E-state index contributed by atoms with van der Waals surface area (Å²) >= 11 is 0. The summed E-state index contributed by atoms with van der Waals surface area (Å²) in [6.07, 6.45) is 2.02. The lowest BCUT2D eigenvalue weighted by molar-refractivity contribution is -0.142. The fraction of sp³-hybridized carbons (Fsp3) is 0.417. The molecule has 0 aliphatic rings. The second-order valence-corrected chi connectivity index (χ2v) is 3.64. The summed E-state index contributed by atoms with van der Waals surface area (Å²) in [5.74, 6) is -1.05. The first-order valence-electron chi connectivity index (χ1n) is 5.21. The van der Waals surface area contributed by atoms with E-state index in [0.717, 1.165) is 6.42 Å². The minimum Gasteiger partial charge on any atom is -0.481 e. The van der Waals surface area contributed by atoms with Gasteiger partial charge in [-0.2, -0.15) is 0 Å². The van der Waals surface area contributed by atoms with Crippen LogP contribution in [0.2, 0.25) is 0 Å². The van der Waals surface area contributed by atoms with Crippen molar-refractivity contribution in [2.24, 2.45) is 11.7 Å². The molecule has 0 saturated carbocycles. The molecule has 1 aromatic rings. The second kappa shape index (κ2) is 6.19. The molecule has 1 rings (SSSR count). The van der Waals surface area contributed by atoms with Crippen LogP contribution in [0.15, 0.2) is 30.3 Å². The van der Waals surface area contributed by atoms with Crippen molar-refractivity contribution in [3.8, 4) is 0 Å². The van der Waals surface area contributed by atoms with Crippen LogP contribution in [0.1, 0.15) is 18.4 Å². The Bertz CT molecular complexity index is 298. The molecule has 0 heterocycles. The minimum absolute atomic E-state index is 0.310. The Hall–Kier alpha value is -1.35. The number of benzene rings is 1. The third-order valence-corrected chi connectivity index (χ3v) is 2.49. The molecule has 0 fully saturated rings. The summed E-state index contributed by atoms with van der Waals surface area (Å²) in [5.41, 5.74) is 6.55. The van der Waals surface area contributed by atoms with Crippen LogP contribution in [-0.2, 0) is 11.2 Å². The minimum atomic E-state index is -0.739. The first kappa shape index (κ1) is 11.7. The molecule has 0 aromatic heterocycles. The highest BCUT2D eigenvalue weighted by molar-refractivity contribution is 5.69. The SMILES string of the molecule is NCCC(CCc1ccccc1)C(=O)O. The molecule has 82 valence electrons. The van der Waals surface area contributed by atoms with Crippen molar-refractivity contribution in [2.75, 3.05) is 6.54 Å². The molecule has 1 aromatic carbocycles. The molecule has 0 amide bonds. The van der Waals surface area contributed by atoms with Crippen LogP contribution in [-0.4, -0.2) is 17.6 Å². The van der Waals surface area contributed by atoms with Crippen molar-refractivity contribution in [1.82, 2.24) is 0 Å². The Morgan fingerprint density at radius 1 is 1.27 bits per heavy atom. The van der Waals surface area contributed by atoms with Gasteiger partial charge in [-0.15, -0.1) is 0 Å². The summed E-state index contributed by atoms with van der Waals surface area (Å²) < 4.78 is 0. The van der Waals surface area contributed by atoms with Gasteiger partial charge in [0.2, 0.25) is 0 Å². The number of carboxylic acids is 1. The van der Waals surface area contributed by atoms with Crippen LogP contribution in [0.25, 0.3) is 0 Å². The van der Waals surface area contributed by atoms with E-state index in [2.05, 4.69) is 0 Å². The zero-order chi connectivity index (χ0) is 11.1. The van der Waals surface area contributed by atoms with Gasteiger partial charge in [0.15, 0.2) is 0 Å². The lowest BCUT2D eigenvalue weighted by Crippen LogP contribution is -2.18. The van der Waals surface area contributed by atoms with E-state index in [1.165, 1.54) is 5.56 Å². The normalized spacial score (nSPS) is 12.3. The standard InChI is InChI=1S/C12H17NO2/c13-9-8-11(12(14)15)7-6-10-4-2-1-3-5-10/h1-5,11H,6-9,13H2,(H,14,15). The van der Waals surface area contributed by atoms with Crippen LogP contribution in [0.3, 0.4) is 0 Å². The lowest BCUT2D eigenvalue weighted by Gasteiger charge is -2.10. The van der Waals surface area contributed by atoms with E-state index in [1.54, 1.807) is 0 Å². The highest BCUT2D eigenvalue weighted by Gasteiger charge is 2.15. The van der Waals surface area contributed by atoms with Crippen molar-refractivity contribution >= 4 is 5.97 Å². The van der Waals surface area contributed by atoms with E-state index < -0.39 is 5.97 Å². The van der Waals surface area contributed by atoms with Crippen molar-refractivity contribution in [3.05, 3.63) is 35.9 Å². The third kappa shape index (κ3) is 4.13. The Kier molecular flexibility index (Phi) is 4.84. The summed E-state index contributed by atoms with van der Waals surface area (Å²) in [6, 6.07) is 9.92. The number of rotatable bonds is 6. The number of hydrogen-bond donors (Lipinski definition) is 2. The first-order valence-corrected chi connectivity index (χ1v) is 5.21. The van der Waals surface area contributed by atoms with Gasteiger partial charge in [-0.25, -0.2) is 0 Å². The Balaban J connectivity index is 2.43. The van der Waals surface area contributed by atoms with Gasteiger partial charge in [0.05, 0.1) is 5.92 Å². The maximum absolute atomic E-state index is 10.9. The van der Waals surface area contributed by atoms with Crippen molar-refractivity contribution in [1.29, 1.82) is 0 Å². The van der Waals surface area contributed by atoms with Gasteiger partial charge in [0.1, 0.15) is 0 Å². The maximum atomic E-state index is 10.9. The third-order valence-electron chi connectivity index (χ3n) is 2.49. The summed E-state index contributed by atoms with van der Waals surface area (Å²) in [7, 11) is 0. The molecule has 1 atom stereocenters. The molecule has 3 heteroatoms. The molecule has 15 heavy (non-hydrogen) atoms. The Morgan fingerprint density at radius 3 is 2.47 bits per heavy atom. The average molecular weight is 207 g/mol. The summed E-state index contributed by atoms with van der Waals surface area (Å²) in [4.78, 5) is 10.9. The van der Waals surface area contributed by atoms with E-state index in [4.69, 9.17) is 10.8 Å². The van der Waals surface area contributed by atoms with Gasteiger partial charge in [0, 0.05) is 0 Å². The van der Waals surface area contributed by atoms with E-state index in [0.29, 0.717) is 19.4 Å². The number of nitrogens with two attached hydrogens (primary N) is 1. The Morgan fingerprint density at radius 2 is 1.93 bits per heavy atom. The molecule has 0 aliphatic heterocycles. The highest BCUT2D eigenvalue weighted by Crippen LogP contribution is 2.12. The van der Waals surface area contributed by atoms with E-state index >= 15 is 0 Å². The Labute approximate surface area is 89.9 Å². The fourth-order valence-corrected chi connectivity index (χ4v) is 1.58. The zero-order valence-electron chi connectivity index (χ0n) is 8.73. The predicted molar refractivity (Wildman–Crippen MR) is 59.6 cm³/mol. The lowest BCUT2D eigenvalue weighted by atomic mass is 9.97. The van der Waals surface area contributed by atoms with Gasteiger partial charge in [-0.3, -0.25) is 4.79 Å². The molecular weight excluding hydrogens is 190 g/mol. The molecule has 3 N–H and O–H groups in total. The van der Waals surface area contributed by atoms with E-state index in [-0.39, 0.29) is 5.92 Å². The number of carboxylic acid groups (broad SMARTS) is 1. The zero-order valence-corrected chi connectivity index (χ0v) is 8.73. The molecule has 0 bridgehead atoms. The van der Waals surface area contributed by atoms with Crippen LogP contribution >= 0.6 is 0 Å². The van der Waals surface area contributed by atoms with Crippen LogP contribution in [0.4, 0.5) is 0 Å². The number of carbonyl (C=O) groups is 1. The van der Waals surface area contributed by atoms with Crippen molar-refractivity contribution in [3.63, 3.8) is 0 Å². The number of aliphatic carboxylic acids is 1. The average Bonchev–Trinajstić information content (AvgIpc) is 2.25. The summed E-state index contributed by atoms with van der Waals surface area (Å²) in [6.45, 7) is 0.436. The van der Waals surface area contributed by atoms with Gasteiger partial charge >= 0.3 is 5.97 Å². The second-order valence-electron chi connectivity index (χ2n) is 3.64. The summed E-state index contributed by atoms with van der Waals surface area (Å²) in [5, 5.41) is 8.93. The first-order chi connectivity index (χ1) is 7.24. The largest absolute Gasteiger partial charge is 0.481 e. The van der Waals surface area contributed by atoms with Crippen molar-refractivity contribution < 1.29 is 9.90 Å². The molecular formula is C12H17NO2. The molecule has 0 spiro atoms. The van der Waals surface area contributed by atoms with Gasteiger partial charge < -0.3 is 10.8 Å². The van der Waals surface area contributed by atoms with E-state index in [1.807, 2.05) is 30.3 Å². The fourth-order valence-electron chi connectivity index (χ4n) is 1.58. The number of hydrogen-bond acceptors (Lipinski definition) is 2. The topological polar surface area (TPSA) is 63.3 Å². The smallest absolute Gasteiger partial charge is 0.306 e. The molecule has 0 radical (unpaired) electrons. The number of aryl methyl sites for hydroxylation is 1. The van der Waals surface area contributed by atoms with Crippen LogP contribution in [0.5, 0.6) is 0 Å². The van der Waals surface area contributed by atoms with E-state index in [9.17, 15) is 4.79 Å². The van der Waals surface area contributed by atoms with Gasteiger partial charge in [-0.1, -0.05) is 30.3 Å². The van der Waals surface area contributed by atoms with Crippen molar-refractivity contribution in [2.45, 2.75) is 19.3 Å². The molecule has 1 unspecified atom stereocenters. The maximum Gasteiger partial charge on any atom is 0.306 e. The quantitative estimate of drug-likeness (QED) is 0.745.